The Morgan fingerprint density at radius 3 is 2.28 bits per heavy atom. The maximum absolute atomic E-state index is 10.2. The minimum absolute atomic E-state index is 0.115. The highest BCUT2D eigenvalue weighted by atomic mass is 28.3. The first-order valence-corrected chi connectivity index (χ1v) is 9.30. The van der Waals surface area contributed by atoms with Gasteiger partial charge in [0.25, 0.3) is 0 Å². The Morgan fingerprint density at radius 2 is 1.78 bits per heavy atom. The Kier molecular flexibility index (Phi) is 4.63. The van der Waals surface area contributed by atoms with Crippen LogP contribution >= 0.6 is 0 Å². The van der Waals surface area contributed by atoms with Crippen molar-refractivity contribution in [2.24, 2.45) is 0 Å². The third-order valence-electron chi connectivity index (χ3n) is 3.80. The van der Waals surface area contributed by atoms with E-state index in [2.05, 4.69) is 33.9 Å². The molecule has 18 heavy (non-hydrogen) atoms. The molecule has 3 heteroatoms. The van der Waals surface area contributed by atoms with Gasteiger partial charge in [-0.15, -0.1) is 0 Å². The molecular weight excluding hydrogens is 240 g/mol. The summed E-state index contributed by atoms with van der Waals surface area (Å²) in [6, 6.07) is 9.97. The summed E-state index contributed by atoms with van der Waals surface area (Å²) < 4.78 is 5.49. The first kappa shape index (κ1) is 14.8. The Morgan fingerprint density at radius 1 is 1.22 bits per heavy atom. The molecule has 100 valence electrons. The second kappa shape index (κ2) is 5.61. The molecule has 0 fully saturated rings. The summed E-state index contributed by atoms with van der Waals surface area (Å²) in [6.07, 6.45) is 1.53. The largest absolute Gasteiger partial charge is 0.514 e. The highest BCUT2D eigenvalue weighted by molar-refractivity contribution is 6.86. The number of benzene rings is 1. The van der Waals surface area contributed by atoms with Gasteiger partial charge in [-0.1, -0.05) is 64.2 Å². The van der Waals surface area contributed by atoms with E-state index in [1.807, 2.05) is 30.3 Å². The first-order valence-electron chi connectivity index (χ1n) is 6.30. The van der Waals surface area contributed by atoms with Gasteiger partial charge in [-0.05, 0) is 10.6 Å². The van der Waals surface area contributed by atoms with E-state index in [9.17, 15) is 5.11 Å². The zero-order valence-corrected chi connectivity index (χ0v) is 13.0. The molecule has 2 nitrogen and oxygen atoms in total. The Bertz CT molecular complexity index is 402. The molecule has 0 atom stereocenters. The summed E-state index contributed by atoms with van der Waals surface area (Å²) >= 11 is 0. The van der Waals surface area contributed by atoms with Crippen molar-refractivity contribution in [3.63, 3.8) is 0 Å². The van der Waals surface area contributed by atoms with Crippen molar-refractivity contribution in [2.75, 3.05) is 0 Å². The van der Waals surface area contributed by atoms with Crippen molar-refractivity contribution in [1.82, 2.24) is 0 Å². The smallest absolute Gasteiger partial charge is 0.134 e. The first-order chi connectivity index (χ1) is 8.25. The van der Waals surface area contributed by atoms with Crippen molar-refractivity contribution in [2.45, 2.75) is 45.5 Å². The third kappa shape index (κ3) is 3.64. The molecule has 0 aliphatic rings. The highest BCUT2D eigenvalue weighted by Gasteiger charge is 2.39. The second-order valence-corrected chi connectivity index (χ2v) is 11.4. The van der Waals surface area contributed by atoms with Crippen LogP contribution in [-0.2, 0) is 11.3 Å². The average Bonchev–Trinajstić information content (AvgIpc) is 2.28. The fourth-order valence-electron chi connectivity index (χ4n) is 1.32. The van der Waals surface area contributed by atoms with Crippen LogP contribution < -0.4 is 0 Å². The van der Waals surface area contributed by atoms with Crippen LogP contribution in [-0.4, -0.2) is 13.2 Å². The molecule has 0 aromatic heterocycles. The van der Waals surface area contributed by atoms with E-state index < -0.39 is 8.07 Å². The van der Waals surface area contributed by atoms with Gasteiger partial charge in [0.15, 0.2) is 0 Å². The minimum atomic E-state index is -1.85. The van der Waals surface area contributed by atoms with Crippen molar-refractivity contribution in [3.05, 3.63) is 47.5 Å². The molecule has 0 radical (unpaired) electrons. The lowest BCUT2D eigenvalue weighted by atomic mass is 10.2. The quantitative estimate of drug-likeness (QED) is 0.633. The Labute approximate surface area is 111 Å². The summed E-state index contributed by atoms with van der Waals surface area (Å²) in [5, 5.41) is 10.7. The van der Waals surface area contributed by atoms with Crippen LogP contribution in [0.1, 0.15) is 26.3 Å². The molecule has 0 aliphatic carbocycles. The molecule has 0 bridgehead atoms. The van der Waals surface area contributed by atoms with Crippen LogP contribution in [0.3, 0.4) is 0 Å². The third-order valence-corrected chi connectivity index (χ3v) is 8.95. The van der Waals surface area contributed by atoms with Crippen molar-refractivity contribution >= 4 is 8.07 Å². The van der Waals surface area contributed by atoms with Gasteiger partial charge in [-0.25, -0.2) is 0 Å². The van der Waals surface area contributed by atoms with Crippen LogP contribution in [0.25, 0.3) is 0 Å². The van der Waals surface area contributed by atoms with Crippen LogP contribution in [0, 0.1) is 0 Å². The van der Waals surface area contributed by atoms with Gasteiger partial charge >= 0.3 is 0 Å². The van der Waals surface area contributed by atoms with Crippen molar-refractivity contribution in [1.29, 1.82) is 0 Å². The van der Waals surface area contributed by atoms with E-state index in [1.54, 1.807) is 0 Å². The summed E-state index contributed by atoms with van der Waals surface area (Å²) in [5.41, 5.74) is 1.11. The SMILES string of the molecule is CC(C)(C)[Si](C)(C)/C(O)=C\OCc1ccccc1. The molecule has 0 spiro atoms. The van der Waals surface area contributed by atoms with E-state index in [0.717, 1.165) is 5.56 Å². The maximum Gasteiger partial charge on any atom is 0.134 e. The predicted molar refractivity (Wildman–Crippen MR) is 79.1 cm³/mol. The fourth-order valence-corrected chi connectivity index (χ4v) is 2.47. The number of hydrogen-bond acceptors (Lipinski definition) is 2. The number of aliphatic hydroxyl groups excluding tert-OH is 1. The van der Waals surface area contributed by atoms with Gasteiger partial charge in [0.1, 0.15) is 26.3 Å². The molecule has 0 saturated heterocycles. The Balaban J connectivity index is 2.63. The lowest BCUT2D eigenvalue weighted by molar-refractivity contribution is 0.221. The van der Waals surface area contributed by atoms with Gasteiger partial charge in [-0.3, -0.25) is 0 Å². The molecule has 1 N–H and O–H groups in total. The monoisotopic (exact) mass is 264 g/mol. The molecule has 0 amide bonds. The zero-order chi connectivity index (χ0) is 13.8. The summed E-state index contributed by atoms with van der Waals surface area (Å²) in [4.78, 5) is 0. The zero-order valence-electron chi connectivity index (χ0n) is 12.0. The van der Waals surface area contributed by atoms with E-state index >= 15 is 0 Å². The number of ether oxygens (including phenoxy) is 1. The normalized spacial score (nSPS) is 13.5. The summed E-state index contributed by atoms with van der Waals surface area (Å²) in [7, 11) is -1.85. The van der Waals surface area contributed by atoms with E-state index in [-0.39, 0.29) is 5.04 Å². The lowest BCUT2D eigenvalue weighted by Crippen LogP contribution is -2.39. The molecule has 1 aromatic carbocycles. The van der Waals surface area contributed by atoms with Crippen molar-refractivity contribution in [3.8, 4) is 0 Å². The van der Waals surface area contributed by atoms with Crippen LogP contribution in [0.2, 0.25) is 18.1 Å². The number of hydrogen-bond donors (Lipinski definition) is 1. The molecule has 0 saturated carbocycles. The highest BCUT2D eigenvalue weighted by Crippen LogP contribution is 2.39. The van der Waals surface area contributed by atoms with Gasteiger partial charge in [0, 0.05) is 0 Å². The molecule has 0 unspecified atom stereocenters. The Hall–Kier alpha value is -1.22. The van der Waals surface area contributed by atoms with Gasteiger partial charge < -0.3 is 9.84 Å². The number of rotatable bonds is 4. The average molecular weight is 264 g/mol. The van der Waals surface area contributed by atoms with Gasteiger partial charge in [0.05, 0.1) is 0 Å². The van der Waals surface area contributed by atoms with Crippen molar-refractivity contribution < 1.29 is 9.84 Å². The maximum atomic E-state index is 10.2. The van der Waals surface area contributed by atoms with Gasteiger partial charge in [0.2, 0.25) is 0 Å². The van der Waals surface area contributed by atoms with Crippen LogP contribution in [0.5, 0.6) is 0 Å². The summed E-state index contributed by atoms with van der Waals surface area (Å²) in [5.74, 6) is 0. The van der Waals surface area contributed by atoms with Crippen LogP contribution in [0.4, 0.5) is 0 Å². The summed E-state index contributed by atoms with van der Waals surface area (Å²) in [6.45, 7) is 11.3. The molecule has 0 aliphatic heterocycles. The molecular formula is C15H24O2Si. The molecule has 1 rings (SSSR count). The standard InChI is InChI=1S/C15H24O2Si/c1-15(2,3)18(4,5)14(16)12-17-11-13-9-7-6-8-10-13/h6-10,12,16H,11H2,1-5H3/b14-12-. The van der Waals surface area contributed by atoms with Crippen LogP contribution in [0.15, 0.2) is 42.0 Å². The topological polar surface area (TPSA) is 29.5 Å². The van der Waals surface area contributed by atoms with Gasteiger partial charge in [-0.2, -0.15) is 0 Å². The fraction of sp³-hybridized carbons (Fsp3) is 0.467. The molecule has 0 heterocycles. The lowest BCUT2D eigenvalue weighted by Gasteiger charge is -2.35. The molecule has 1 aromatic rings. The predicted octanol–water partition coefficient (Wildman–Crippen LogP) is 4.65. The van der Waals surface area contributed by atoms with E-state index in [4.69, 9.17) is 4.74 Å². The second-order valence-electron chi connectivity index (χ2n) is 6.17. The van der Waals surface area contributed by atoms with E-state index in [0.29, 0.717) is 12.0 Å². The number of aliphatic hydroxyl groups is 1. The van der Waals surface area contributed by atoms with E-state index in [1.165, 1.54) is 6.26 Å². The minimum Gasteiger partial charge on any atom is -0.514 e.